The Labute approximate surface area is 95.1 Å². The van der Waals surface area contributed by atoms with Gasteiger partial charge in [0.25, 0.3) is 0 Å². The van der Waals surface area contributed by atoms with E-state index in [1.54, 1.807) is 6.20 Å². The van der Waals surface area contributed by atoms with Gasteiger partial charge in [-0.3, -0.25) is 0 Å². The Morgan fingerprint density at radius 3 is 2.81 bits per heavy atom. The molecule has 4 heteroatoms. The average molecular weight is 216 g/mol. The molecule has 84 valence electrons. The number of aromatic nitrogens is 3. The van der Waals surface area contributed by atoms with Crippen LogP contribution in [-0.2, 0) is 6.54 Å². The second-order valence-corrected chi connectivity index (χ2v) is 4.16. The number of rotatable bonds is 3. The first kappa shape index (κ1) is 10.7. The molecule has 2 N–H and O–H groups in total. The van der Waals surface area contributed by atoms with Crippen molar-refractivity contribution >= 4 is 5.82 Å². The van der Waals surface area contributed by atoms with E-state index in [1.807, 2.05) is 24.5 Å². The van der Waals surface area contributed by atoms with E-state index in [4.69, 9.17) is 5.73 Å². The molecule has 0 spiro atoms. The minimum absolute atomic E-state index is 0.425. The zero-order valence-corrected chi connectivity index (χ0v) is 9.59. The number of nitrogen functional groups attached to an aromatic ring is 1. The van der Waals surface area contributed by atoms with Gasteiger partial charge in [0.15, 0.2) is 0 Å². The molecule has 2 rings (SSSR count). The molecule has 4 nitrogen and oxygen atoms in total. The van der Waals surface area contributed by atoms with E-state index in [1.165, 1.54) is 0 Å². The predicted molar refractivity (Wildman–Crippen MR) is 64.1 cm³/mol. The van der Waals surface area contributed by atoms with Crippen molar-refractivity contribution in [3.63, 3.8) is 0 Å². The van der Waals surface area contributed by atoms with Crippen LogP contribution in [0, 0.1) is 0 Å². The Kier molecular flexibility index (Phi) is 2.90. The van der Waals surface area contributed by atoms with Gasteiger partial charge in [-0.15, -0.1) is 0 Å². The Morgan fingerprint density at radius 1 is 1.31 bits per heavy atom. The van der Waals surface area contributed by atoms with Gasteiger partial charge in [0.05, 0.1) is 0 Å². The molecular weight excluding hydrogens is 200 g/mol. The van der Waals surface area contributed by atoms with Crippen LogP contribution in [0.3, 0.4) is 0 Å². The van der Waals surface area contributed by atoms with Crippen LogP contribution in [0.5, 0.6) is 0 Å². The molecule has 0 atom stereocenters. The van der Waals surface area contributed by atoms with Crippen molar-refractivity contribution in [1.82, 2.24) is 14.5 Å². The molecule has 0 saturated carbocycles. The van der Waals surface area contributed by atoms with Crippen molar-refractivity contribution in [2.24, 2.45) is 0 Å². The molecule has 2 aromatic rings. The van der Waals surface area contributed by atoms with Crippen LogP contribution in [0.1, 0.15) is 31.2 Å². The molecule has 0 fully saturated rings. The maximum Gasteiger partial charge on any atom is 0.123 e. The van der Waals surface area contributed by atoms with E-state index in [0.717, 1.165) is 17.9 Å². The van der Waals surface area contributed by atoms with Crippen molar-refractivity contribution in [2.75, 3.05) is 5.73 Å². The van der Waals surface area contributed by atoms with Crippen LogP contribution < -0.4 is 5.73 Å². The first-order chi connectivity index (χ1) is 7.66. The van der Waals surface area contributed by atoms with Gasteiger partial charge in [-0.05, 0) is 17.7 Å². The maximum atomic E-state index is 5.65. The van der Waals surface area contributed by atoms with E-state index in [2.05, 4.69) is 28.4 Å². The Balaban J connectivity index is 2.24. The van der Waals surface area contributed by atoms with Crippen molar-refractivity contribution in [3.8, 4) is 0 Å². The summed E-state index contributed by atoms with van der Waals surface area (Å²) < 4.78 is 2.14. The normalized spacial score (nSPS) is 10.9. The van der Waals surface area contributed by atoms with Crippen LogP contribution in [0.2, 0.25) is 0 Å². The fourth-order valence-corrected chi connectivity index (χ4v) is 1.74. The summed E-state index contributed by atoms with van der Waals surface area (Å²) in [5, 5.41) is 0. The lowest BCUT2D eigenvalue weighted by Crippen LogP contribution is -2.06. The van der Waals surface area contributed by atoms with Crippen molar-refractivity contribution in [1.29, 1.82) is 0 Å². The molecule has 2 aromatic heterocycles. The highest BCUT2D eigenvalue weighted by atomic mass is 15.1. The summed E-state index contributed by atoms with van der Waals surface area (Å²) in [6.45, 7) is 5.07. The summed E-state index contributed by atoms with van der Waals surface area (Å²) >= 11 is 0. The molecule has 0 aliphatic carbocycles. The van der Waals surface area contributed by atoms with Gasteiger partial charge in [0, 0.05) is 31.1 Å². The van der Waals surface area contributed by atoms with Crippen LogP contribution in [0.15, 0.2) is 30.7 Å². The first-order valence-corrected chi connectivity index (χ1v) is 5.38. The van der Waals surface area contributed by atoms with Gasteiger partial charge < -0.3 is 10.3 Å². The van der Waals surface area contributed by atoms with Crippen molar-refractivity contribution < 1.29 is 0 Å². The van der Waals surface area contributed by atoms with Crippen LogP contribution >= 0.6 is 0 Å². The Hall–Kier alpha value is -1.84. The van der Waals surface area contributed by atoms with Gasteiger partial charge in [0.1, 0.15) is 11.6 Å². The van der Waals surface area contributed by atoms with Gasteiger partial charge in [-0.1, -0.05) is 13.8 Å². The van der Waals surface area contributed by atoms with Crippen LogP contribution in [-0.4, -0.2) is 14.5 Å². The standard InChI is InChI=1S/C12H16N4/c1-9(2)12-15-5-6-16(12)8-10-3-4-14-11(13)7-10/h3-7,9H,8H2,1-2H3,(H2,13,14). The summed E-state index contributed by atoms with van der Waals surface area (Å²) in [5.74, 6) is 2.08. The highest BCUT2D eigenvalue weighted by Crippen LogP contribution is 2.14. The van der Waals surface area contributed by atoms with E-state index >= 15 is 0 Å². The first-order valence-electron chi connectivity index (χ1n) is 5.38. The molecule has 0 aliphatic rings. The third kappa shape index (κ3) is 2.21. The molecule has 0 aromatic carbocycles. The minimum Gasteiger partial charge on any atom is -0.384 e. The number of nitrogens with two attached hydrogens (primary N) is 1. The van der Waals surface area contributed by atoms with Crippen LogP contribution in [0.4, 0.5) is 5.82 Å². The van der Waals surface area contributed by atoms with Crippen molar-refractivity contribution in [3.05, 3.63) is 42.1 Å². The molecule has 0 saturated heterocycles. The molecule has 0 radical (unpaired) electrons. The van der Waals surface area contributed by atoms with E-state index < -0.39 is 0 Å². The molecule has 0 bridgehead atoms. The summed E-state index contributed by atoms with van der Waals surface area (Å²) in [6, 6.07) is 3.87. The fraction of sp³-hybridized carbons (Fsp3) is 0.333. The van der Waals surface area contributed by atoms with E-state index in [-0.39, 0.29) is 0 Å². The maximum absolute atomic E-state index is 5.65. The average Bonchev–Trinajstić information content (AvgIpc) is 2.66. The lowest BCUT2D eigenvalue weighted by atomic mass is 10.2. The number of imidazole rings is 1. The minimum atomic E-state index is 0.425. The molecule has 2 heterocycles. The highest BCUT2D eigenvalue weighted by Gasteiger charge is 2.07. The second kappa shape index (κ2) is 4.35. The lowest BCUT2D eigenvalue weighted by molar-refractivity contribution is 0.669. The predicted octanol–water partition coefficient (Wildman–Crippen LogP) is 2.03. The molecule has 0 unspecified atom stereocenters. The van der Waals surface area contributed by atoms with Gasteiger partial charge >= 0.3 is 0 Å². The summed E-state index contributed by atoms with van der Waals surface area (Å²) in [5.41, 5.74) is 6.80. The quantitative estimate of drug-likeness (QED) is 0.854. The number of pyridine rings is 1. The largest absolute Gasteiger partial charge is 0.384 e. The second-order valence-electron chi connectivity index (χ2n) is 4.16. The summed E-state index contributed by atoms with van der Waals surface area (Å²) in [7, 11) is 0. The van der Waals surface area contributed by atoms with Gasteiger partial charge in [-0.25, -0.2) is 9.97 Å². The lowest BCUT2D eigenvalue weighted by Gasteiger charge is -2.10. The smallest absolute Gasteiger partial charge is 0.123 e. The van der Waals surface area contributed by atoms with E-state index in [0.29, 0.717) is 11.7 Å². The summed E-state index contributed by atoms with van der Waals surface area (Å²) in [4.78, 5) is 8.33. The fourth-order valence-electron chi connectivity index (χ4n) is 1.74. The number of anilines is 1. The molecular formula is C12H16N4. The number of hydrogen-bond donors (Lipinski definition) is 1. The van der Waals surface area contributed by atoms with Crippen molar-refractivity contribution in [2.45, 2.75) is 26.3 Å². The molecule has 0 aliphatic heterocycles. The third-order valence-electron chi connectivity index (χ3n) is 2.46. The van der Waals surface area contributed by atoms with Crippen LogP contribution in [0.25, 0.3) is 0 Å². The third-order valence-corrected chi connectivity index (χ3v) is 2.46. The Bertz CT molecular complexity index is 473. The highest BCUT2D eigenvalue weighted by molar-refractivity contribution is 5.32. The van der Waals surface area contributed by atoms with Gasteiger partial charge in [0.2, 0.25) is 0 Å². The molecule has 16 heavy (non-hydrogen) atoms. The van der Waals surface area contributed by atoms with E-state index in [9.17, 15) is 0 Å². The SMILES string of the molecule is CC(C)c1nccn1Cc1ccnc(N)c1. The zero-order valence-electron chi connectivity index (χ0n) is 9.59. The number of nitrogens with zero attached hydrogens (tertiary/aromatic N) is 3. The Morgan fingerprint density at radius 2 is 2.12 bits per heavy atom. The summed E-state index contributed by atoms with van der Waals surface area (Å²) in [6.07, 6.45) is 5.56. The topological polar surface area (TPSA) is 56.7 Å². The monoisotopic (exact) mass is 216 g/mol. The molecule has 0 amide bonds. The number of hydrogen-bond acceptors (Lipinski definition) is 3. The zero-order chi connectivity index (χ0) is 11.5. The van der Waals surface area contributed by atoms with Gasteiger partial charge in [-0.2, -0.15) is 0 Å².